The topological polar surface area (TPSA) is 145 Å². The fraction of sp³-hybridized carbons (Fsp3) is 0.364. The molecule has 0 unspecified atom stereocenters. The van der Waals surface area contributed by atoms with Gasteiger partial charge in [0.1, 0.15) is 22.2 Å². The number of halogens is 1. The van der Waals surface area contributed by atoms with Crippen molar-refractivity contribution in [3.05, 3.63) is 36.0 Å². The van der Waals surface area contributed by atoms with E-state index in [2.05, 4.69) is 30.2 Å². The largest absolute Gasteiger partial charge is 0.481 e. The van der Waals surface area contributed by atoms with Crippen molar-refractivity contribution < 1.29 is 9.90 Å². The summed E-state index contributed by atoms with van der Waals surface area (Å²) in [6.45, 7) is 0. The highest BCUT2D eigenvalue weighted by Crippen LogP contribution is 2.46. The Morgan fingerprint density at radius 2 is 1.91 bits per heavy atom. The Bertz CT molecular complexity index is 1330. The molecule has 2 bridgehead atoms. The standard InChI is InChI=1S/C22H21ClN8O2/c23-14-9-27-21-18(29-14)12(8-26-21)19-28-13(20-24-5-6-25-20)7-15(31-19)30-17-11-3-1-10(2-4-11)16(17)22(32)33/h5-11,16-17H,1-4H2,(H,24,25)(H,26,27)(H,32,33)(H,28,30,31)/t10?,11?,16-,17-/m0/s1. The van der Waals surface area contributed by atoms with Gasteiger partial charge in [0.15, 0.2) is 17.3 Å². The molecule has 3 aliphatic carbocycles. The number of fused-ring (bicyclic) bond motifs is 4. The van der Waals surface area contributed by atoms with Gasteiger partial charge in [-0.25, -0.2) is 24.9 Å². The number of imidazole rings is 1. The molecule has 0 saturated heterocycles. The molecule has 3 saturated carbocycles. The maximum Gasteiger partial charge on any atom is 0.308 e. The third-order valence-corrected chi connectivity index (χ3v) is 7.06. The Balaban J connectivity index is 1.45. The molecule has 4 heterocycles. The van der Waals surface area contributed by atoms with Crippen molar-refractivity contribution in [2.75, 3.05) is 5.32 Å². The predicted octanol–water partition coefficient (Wildman–Crippen LogP) is 3.76. The second kappa shape index (κ2) is 7.80. The third kappa shape index (κ3) is 3.50. The number of aromatic amines is 2. The second-order valence-electron chi connectivity index (χ2n) is 8.70. The van der Waals surface area contributed by atoms with Crippen LogP contribution in [0.15, 0.2) is 30.9 Å². The number of nitrogens with zero attached hydrogens (tertiary/aromatic N) is 5. The summed E-state index contributed by atoms with van der Waals surface area (Å²) in [7, 11) is 0. The van der Waals surface area contributed by atoms with E-state index in [0.717, 1.165) is 25.7 Å². The van der Waals surface area contributed by atoms with Crippen molar-refractivity contribution in [2.45, 2.75) is 31.7 Å². The van der Waals surface area contributed by atoms with E-state index in [1.54, 1.807) is 24.7 Å². The third-order valence-electron chi connectivity index (χ3n) is 6.88. The van der Waals surface area contributed by atoms with Crippen molar-refractivity contribution in [3.63, 3.8) is 0 Å². The first-order valence-corrected chi connectivity index (χ1v) is 11.3. The zero-order chi connectivity index (χ0) is 22.5. The molecule has 7 rings (SSSR count). The van der Waals surface area contributed by atoms with Crippen LogP contribution in [0.3, 0.4) is 0 Å². The van der Waals surface area contributed by atoms with Crippen LogP contribution in [0.1, 0.15) is 25.7 Å². The Morgan fingerprint density at radius 1 is 1.09 bits per heavy atom. The summed E-state index contributed by atoms with van der Waals surface area (Å²) in [5.74, 6) is 0.887. The Kier molecular flexibility index (Phi) is 4.75. The Morgan fingerprint density at radius 3 is 2.67 bits per heavy atom. The molecule has 4 aromatic heterocycles. The van der Waals surface area contributed by atoms with Gasteiger partial charge in [0, 0.05) is 30.7 Å². The van der Waals surface area contributed by atoms with Crippen LogP contribution in [0.5, 0.6) is 0 Å². The van der Waals surface area contributed by atoms with Gasteiger partial charge in [-0.15, -0.1) is 0 Å². The van der Waals surface area contributed by atoms with Gasteiger partial charge in [-0.05, 0) is 37.5 Å². The smallest absolute Gasteiger partial charge is 0.308 e. The van der Waals surface area contributed by atoms with Gasteiger partial charge in [0.2, 0.25) is 0 Å². The van der Waals surface area contributed by atoms with Crippen LogP contribution < -0.4 is 5.32 Å². The van der Waals surface area contributed by atoms with Crippen molar-refractivity contribution in [3.8, 4) is 22.9 Å². The summed E-state index contributed by atoms with van der Waals surface area (Å²) in [4.78, 5) is 40.7. The highest BCUT2D eigenvalue weighted by molar-refractivity contribution is 6.29. The van der Waals surface area contributed by atoms with Gasteiger partial charge in [-0.1, -0.05) is 11.6 Å². The molecular weight excluding hydrogens is 444 g/mol. The van der Waals surface area contributed by atoms with E-state index in [9.17, 15) is 9.90 Å². The minimum absolute atomic E-state index is 0.181. The molecule has 4 N–H and O–H groups in total. The van der Waals surface area contributed by atoms with Crippen LogP contribution in [0.25, 0.3) is 34.1 Å². The molecule has 3 aliphatic rings. The van der Waals surface area contributed by atoms with Crippen LogP contribution in [-0.4, -0.2) is 52.0 Å². The van der Waals surface area contributed by atoms with Crippen molar-refractivity contribution >= 4 is 34.6 Å². The van der Waals surface area contributed by atoms with E-state index in [1.807, 2.05) is 0 Å². The molecule has 0 radical (unpaired) electrons. The summed E-state index contributed by atoms with van der Waals surface area (Å²) >= 11 is 6.08. The van der Waals surface area contributed by atoms with Crippen molar-refractivity contribution in [1.82, 2.24) is 34.9 Å². The summed E-state index contributed by atoms with van der Waals surface area (Å²) < 4.78 is 0. The molecule has 0 aromatic carbocycles. The lowest BCUT2D eigenvalue weighted by molar-refractivity contribution is -0.148. The highest BCUT2D eigenvalue weighted by atomic mass is 35.5. The molecule has 3 fully saturated rings. The maximum atomic E-state index is 12.1. The van der Waals surface area contributed by atoms with Gasteiger partial charge in [-0.3, -0.25) is 4.79 Å². The fourth-order valence-corrected chi connectivity index (χ4v) is 5.53. The van der Waals surface area contributed by atoms with Crippen LogP contribution in [-0.2, 0) is 4.79 Å². The van der Waals surface area contributed by atoms with Crippen LogP contribution >= 0.6 is 11.6 Å². The second-order valence-corrected chi connectivity index (χ2v) is 9.09. The van der Waals surface area contributed by atoms with E-state index in [0.29, 0.717) is 45.8 Å². The van der Waals surface area contributed by atoms with E-state index in [1.165, 1.54) is 6.20 Å². The van der Waals surface area contributed by atoms with Crippen LogP contribution in [0.4, 0.5) is 5.82 Å². The van der Waals surface area contributed by atoms with Crippen LogP contribution in [0, 0.1) is 17.8 Å². The minimum atomic E-state index is -0.746. The number of aliphatic carboxylic acids is 1. The molecular formula is C22H21ClN8O2. The average molecular weight is 465 g/mol. The number of aromatic nitrogens is 7. The molecule has 0 aliphatic heterocycles. The lowest BCUT2D eigenvalue weighted by Crippen LogP contribution is -2.51. The number of carbonyl (C=O) groups is 1. The molecule has 0 spiro atoms. The zero-order valence-electron chi connectivity index (χ0n) is 17.5. The van der Waals surface area contributed by atoms with Crippen molar-refractivity contribution in [1.29, 1.82) is 0 Å². The quantitative estimate of drug-likeness (QED) is 0.349. The van der Waals surface area contributed by atoms with E-state index in [-0.39, 0.29) is 17.1 Å². The molecule has 10 nitrogen and oxygen atoms in total. The number of anilines is 1. The number of hydrogen-bond donors (Lipinski definition) is 4. The molecule has 4 aromatic rings. The molecule has 2 atom stereocenters. The summed E-state index contributed by atoms with van der Waals surface area (Å²) in [6.07, 6.45) is 10.6. The summed E-state index contributed by atoms with van der Waals surface area (Å²) in [5.41, 5.74) is 2.37. The number of nitrogens with one attached hydrogen (secondary N) is 3. The SMILES string of the molecule is O=C(O)[C@H]1C2CCC(CC2)[C@@H]1Nc1cc(-c2ncc[nH]2)nc(-c2c[nH]c3ncc(Cl)nc23)n1. The monoisotopic (exact) mass is 464 g/mol. The van der Waals surface area contributed by atoms with Gasteiger partial charge >= 0.3 is 5.97 Å². The number of carboxylic acids is 1. The lowest BCUT2D eigenvalue weighted by atomic mass is 9.61. The van der Waals surface area contributed by atoms with Gasteiger partial charge in [0.25, 0.3) is 0 Å². The normalized spacial score (nSPS) is 24.3. The highest BCUT2D eigenvalue weighted by Gasteiger charge is 2.47. The molecule has 168 valence electrons. The molecule has 33 heavy (non-hydrogen) atoms. The predicted molar refractivity (Wildman–Crippen MR) is 121 cm³/mol. The molecule has 0 amide bonds. The van der Waals surface area contributed by atoms with Gasteiger partial charge in [-0.2, -0.15) is 0 Å². The minimum Gasteiger partial charge on any atom is -0.481 e. The van der Waals surface area contributed by atoms with Crippen LogP contribution in [0.2, 0.25) is 5.15 Å². The first kappa shape index (κ1) is 20.1. The summed E-state index contributed by atoms with van der Waals surface area (Å²) in [5, 5.41) is 13.7. The van der Waals surface area contributed by atoms with E-state index in [4.69, 9.17) is 21.6 Å². The van der Waals surface area contributed by atoms with E-state index < -0.39 is 11.9 Å². The van der Waals surface area contributed by atoms with E-state index >= 15 is 0 Å². The van der Waals surface area contributed by atoms with Gasteiger partial charge < -0.3 is 20.4 Å². The maximum absolute atomic E-state index is 12.1. The fourth-order valence-electron chi connectivity index (χ4n) is 5.39. The lowest BCUT2D eigenvalue weighted by Gasteiger charge is -2.47. The first-order chi connectivity index (χ1) is 16.1. The number of carboxylic acid groups (broad SMARTS) is 1. The van der Waals surface area contributed by atoms with Crippen molar-refractivity contribution in [2.24, 2.45) is 17.8 Å². The van der Waals surface area contributed by atoms with Gasteiger partial charge in [0.05, 0.1) is 17.7 Å². The average Bonchev–Trinajstić information content (AvgIpc) is 3.49. The summed E-state index contributed by atoms with van der Waals surface area (Å²) in [6, 6.07) is 1.62. The first-order valence-electron chi connectivity index (χ1n) is 10.9. The Hall–Kier alpha value is -3.53. The zero-order valence-corrected chi connectivity index (χ0v) is 18.3. The molecule has 11 heteroatoms. The number of H-pyrrole nitrogens is 2. The number of rotatable bonds is 5. The number of hydrogen-bond acceptors (Lipinski definition) is 7. The Labute approximate surface area is 193 Å².